The normalized spacial score (nSPS) is 22.8. The lowest BCUT2D eigenvalue weighted by molar-refractivity contribution is 0.230. The van der Waals surface area contributed by atoms with Crippen LogP contribution in [-0.2, 0) is 0 Å². The molecule has 2 N–H and O–H groups in total. The van der Waals surface area contributed by atoms with Gasteiger partial charge in [0.15, 0.2) is 0 Å². The van der Waals surface area contributed by atoms with E-state index in [0.717, 1.165) is 36.4 Å². The van der Waals surface area contributed by atoms with E-state index in [2.05, 4.69) is 18.9 Å². The number of benzene rings is 1. The van der Waals surface area contributed by atoms with Crippen molar-refractivity contribution >= 4 is 5.69 Å². The van der Waals surface area contributed by atoms with Crippen LogP contribution in [0.4, 0.5) is 5.69 Å². The van der Waals surface area contributed by atoms with Gasteiger partial charge in [-0.1, -0.05) is 13.0 Å². The molecule has 0 radical (unpaired) electrons. The maximum atomic E-state index is 5.69. The molecule has 17 heavy (non-hydrogen) atoms. The third-order valence-corrected chi connectivity index (χ3v) is 3.42. The number of likely N-dealkylation sites (N-methyl/N-ethyl adjacent to an activating group) is 1. The summed E-state index contributed by atoms with van der Waals surface area (Å²) < 4.78 is 5.66. The Morgan fingerprint density at radius 1 is 1.47 bits per heavy atom. The molecule has 0 heterocycles. The maximum Gasteiger partial charge on any atom is 0.121 e. The summed E-state index contributed by atoms with van der Waals surface area (Å²) in [6, 6.07) is 7.59. The highest BCUT2D eigenvalue weighted by Gasteiger charge is 2.32. The highest BCUT2D eigenvalue weighted by atomic mass is 16.5. The van der Waals surface area contributed by atoms with Crippen molar-refractivity contribution < 1.29 is 4.74 Å². The van der Waals surface area contributed by atoms with E-state index < -0.39 is 0 Å². The summed E-state index contributed by atoms with van der Waals surface area (Å²) >= 11 is 0. The molecule has 94 valence electrons. The zero-order valence-corrected chi connectivity index (χ0v) is 10.7. The van der Waals surface area contributed by atoms with E-state index in [4.69, 9.17) is 10.5 Å². The molecule has 3 nitrogen and oxygen atoms in total. The quantitative estimate of drug-likeness (QED) is 0.767. The molecule has 0 amide bonds. The number of ether oxygens (including phenoxy) is 1. The second-order valence-electron chi connectivity index (χ2n) is 5.16. The van der Waals surface area contributed by atoms with E-state index in [1.165, 1.54) is 13.0 Å². The molecule has 2 rings (SSSR count). The van der Waals surface area contributed by atoms with Crippen LogP contribution in [0.3, 0.4) is 0 Å². The molecule has 1 saturated carbocycles. The van der Waals surface area contributed by atoms with E-state index in [0.29, 0.717) is 0 Å². The van der Waals surface area contributed by atoms with Crippen LogP contribution in [0, 0.1) is 11.8 Å². The van der Waals surface area contributed by atoms with Crippen LogP contribution >= 0.6 is 0 Å². The number of nitrogen functional groups attached to an aromatic ring is 1. The monoisotopic (exact) mass is 234 g/mol. The van der Waals surface area contributed by atoms with Crippen LogP contribution in [0.25, 0.3) is 0 Å². The lowest BCUT2D eigenvalue weighted by atomic mass is 10.3. The van der Waals surface area contributed by atoms with Crippen molar-refractivity contribution in [2.24, 2.45) is 11.8 Å². The molecule has 0 aromatic heterocycles. The van der Waals surface area contributed by atoms with Gasteiger partial charge in [0.05, 0.1) is 0 Å². The Bertz CT molecular complexity index is 367. The van der Waals surface area contributed by atoms with Gasteiger partial charge in [0.1, 0.15) is 12.4 Å². The van der Waals surface area contributed by atoms with Crippen molar-refractivity contribution in [1.82, 2.24) is 4.90 Å². The predicted molar refractivity (Wildman–Crippen MR) is 71.1 cm³/mol. The zero-order valence-electron chi connectivity index (χ0n) is 10.7. The first-order chi connectivity index (χ1) is 8.15. The summed E-state index contributed by atoms with van der Waals surface area (Å²) in [5.41, 5.74) is 6.44. The third-order valence-electron chi connectivity index (χ3n) is 3.42. The van der Waals surface area contributed by atoms with Crippen molar-refractivity contribution in [3.63, 3.8) is 0 Å². The molecule has 1 aromatic carbocycles. The van der Waals surface area contributed by atoms with E-state index in [1.807, 2.05) is 24.3 Å². The fourth-order valence-electron chi connectivity index (χ4n) is 2.07. The van der Waals surface area contributed by atoms with Gasteiger partial charge in [-0.2, -0.15) is 0 Å². The first kappa shape index (κ1) is 12.2. The smallest absolute Gasteiger partial charge is 0.121 e. The minimum atomic E-state index is 0.723. The van der Waals surface area contributed by atoms with E-state index >= 15 is 0 Å². The van der Waals surface area contributed by atoms with Gasteiger partial charge in [-0.15, -0.1) is 0 Å². The van der Waals surface area contributed by atoms with Gasteiger partial charge in [0.25, 0.3) is 0 Å². The summed E-state index contributed by atoms with van der Waals surface area (Å²) in [6.45, 7) is 5.21. The van der Waals surface area contributed by atoms with Crippen LogP contribution in [-0.4, -0.2) is 31.6 Å². The summed E-state index contributed by atoms with van der Waals surface area (Å²) in [5.74, 6) is 2.69. The average molecular weight is 234 g/mol. The molecule has 1 aromatic rings. The Morgan fingerprint density at radius 2 is 2.24 bits per heavy atom. The standard InChI is InChI=1S/C14H22N2O/c1-11-8-12(11)10-16(2)6-7-17-14-5-3-4-13(15)9-14/h3-5,9,11-12H,6-8,10,15H2,1-2H3. The van der Waals surface area contributed by atoms with Crippen LogP contribution < -0.4 is 10.5 Å². The van der Waals surface area contributed by atoms with Gasteiger partial charge in [0.2, 0.25) is 0 Å². The Balaban J connectivity index is 1.65. The fraction of sp³-hybridized carbons (Fsp3) is 0.571. The Kier molecular flexibility index (Phi) is 3.89. The highest BCUT2D eigenvalue weighted by Crippen LogP contribution is 2.37. The second kappa shape index (κ2) is 5.41. The SMILES string of the molecule is CC1CC1CN(C)CCOc1cccc(N)c1. The second-order valence-corrected chi connectivity index (χ2v) is 5.16. The first-order valence-corrected chi connectivity index (χ1v) is 6.32. The van der Waals surface area contributed by atoms with Gasteiger partial charge in [-0.05, 0) is 37.4 Å². The van der Waals surface area contributed by atoms with Gasteiger partial charge in [-0.3, -0.25) is 0 Å². The number of nitrogens with zero attached hydrogens (tertiary/aromatic N) is 1. The summed E-state index contributed by atoms with van der Waals surface area (Å²) in [7, 11) is 2.16. The van der Waals surface area contributed by atoms with Gasteiger partial charge >= 0.3 is 0 Å². The van der Waals surface area contributed by atoms with Crippen molar-refractivity contribution in [2.75, 3.05) is 32.5 Å². The van der Waals surface area contributed by atoms with Crippen LogP contribution in [0.15, 0.2) is 24.3 Å². The zero-order chi connectivity index (χ0) is 12.3. The molecule has 0 saturated heterocycles. The maximum absolute atomic E-state index is 5.69. The molecular formula is C14H22N2O. The largest absolute Gasteiger partial charge is 0.492 e. The third kappa shape index (κ3) is 3.93. The molecule has 1 fully saturated rings. The van der Waals surface area contributed by atoms with Gasteiger partial charge in [0, 0.05) is 24.8 Å². The summed E-state index contributed by atoms with van der Waals surface area (Å²) in [4.78, 5) is 2.35. The predicted octanol–water partition coefficient (Wildman–Crippen LogP) is 2.24. The van der Waals surface area contributed by atoms with Gasteiger partial charge in [-0.25, -0.2) is 0 Å². The first-order valence-electron chi connectivity index (χ1n) is 6.32. The minimum Gasteiger partial charge on any atom is -0.492 e. The summed E-state index contributed by atoms with van der Waals surface area (Å²) in [6.07, 6.45) is 1.39. The summed E-state index contributed by atoms with van der Waals surface area (Å²) in [5, 5.41) is 0. The van der Waals surface area contributed by atoms with Crippen molar-refractivity contribution in [3.8, 4) is 5.75 Å². The van der Waals surface area contributed by atoms with E-state index in [-0.39, 0.29) is 0 Å². The molecule has 2 atom stereocenters. The van der Waals surface area contributed by atoms with Crippen molar-refractivity contribution in [2.45, 2.75) is 13.3 Å². The molecule has 0 aliphatic heterocycles. The molecule has 0 spiro atoms. The number of nitrogens with two attached hydrogens (primary N) is 1. The lowest BCUT2D eigenvalue weighted by Crippen LogP contribution is -2.26. The topological polar surface area (TPSA) is 38.5 Å². The number of hydrogen-bond donors (Lipinski definition) is 1. The molecule has 0 bridgehead atoms. The molecule has 1 aliphatic rings. The van der Waals surface area contributed by atoms with Crippen molar-refractivity contribution in [1.29, 1.82) is 0 Å². The molecule has 2 unspecified atom stereocenters. The molecule has 3 heteroatoms. The Hall–Kier alpha value is -1.22. The minimum absolute atomic E-state index is 0.723. The highest BCUT2D eigenvalue weighted by molar-refractivity contribution is 5.43. The number of hydrogen-bond acceptors (Lipinski definition) is 3. The number of anilines is 1. The van der Waals surface area contributed by atoms with Gasteiger partial charge < -0.3 is 15.4 Å². The average Bonchev–Trinajstić information content (AvgIpc) is 2.94. The van der Waals surface area contributed by atoms with Crippen LogP contribution in [0.5, 0.6) is 5.75 Å². The molecule has 1 aliphatic carbocycles. The fourth-order valence-corrected chi connectivity index (χ4v) is 2.07. The van der Waals surface area contributed by atoms with Crippen LogP contribution in [0.2, 0.25) is 0 Å². The molecular weight excluding hydrogens is 212 g/mol. The Morgan fingerprint density at radius 3 is 2.88 bits per heavy atom. The number of rotatable bonds is 6. The van der Waals surface area contributed by atoms with Crippen molar-refractivity contribution in [3.05, 3.63) is 24.3 Å². The van der Waals surface area contributed by atoms with E-state index in [9.17, 15) is 0 Å². The lowest BCUT2D eigenvalue weighted by Gasteiger charge is -2.16. The van der Waals surface area contributed by atoms with Crippen LogP contribution in [0.1, 0.15) is 13.3 Å². The van der Waals surface area contributed by atoms with E-state index in [1.54, 1.807) is 0 Å². The Labute approximate surface area is 104 Å².